The molecule has 0 radical (unpaired) electrons. The van der Waals surface area contributed by atoms with Gasteiger partial charge in [-0.3, -0.25) is 19.3 Å². The van der Waals surface area contributed by atoms with Crippen LogP contribution in [0.2, 0.25) is 0 Å². The van der Waals surface area contributed by atoms with Gasteiger partial charge in [-0.1, -0.05) is 38.1 Å². The molecule has 140 valence electrons. The zero-order chi connectivity index (χ0) is 19.6. The average molecular weight is 368 g/mol. The van der Waals surface area contributed by atoms with Crippen LogP contribution >= 0.6 is 0 Å². The van der Waals surface area contributed by atoms with E-state index in [2.05, 4.69) is 5.32 Å². The maximum absolute atomic E-state index is 13.0. The highest BCUT2D eigenvalue weighted by Gasteiger charge is 2.42. The summed E-state index contributed by atoms with van der Waals surface area (Å²) in [6.07, 6.45) is 0.362. The van der Waals surface area contributed by atoms with Gasteiger partial charge in [-0.05, 0) is 42.2 Å². The van der Waals surface area contributed by atoms with Gasteiger partial charge < -0.3 is 5.32 Å². The summed E-state index contributed by atoms with van der Waals surface area (Å²) in [5, 5.41) is 2.76. The Hall–Kier alpha value is -3.02. The Morgan fingerprint density at radius 1 is 1.00 bits per heavy atom. The van der Waals surface area contributed by atoms with Gasteiger partial charge in [-0.25, -0.2) is 4.39 Å². The van der Waals surface area contributed by atoms with E-state index >= 15 is 0 Å². The normalized spacial score (nSPS) is 14.4. The molecule has 0 fully saturated rings. The van der Waals surface area contributed by atoms with Crippen molar-refractivity contribution < 1.29 is 18.8 Å². The summed E-state index contributed by atoms with van der Waals surface area (Å²) in [6, 6.07) is 11.5. The number of hydrogen-bond donors (Lipinski definition) is 1. The fraction of sp³-hybridized carbons (Fsp3) is 0.286. The molecule has 0 saturated carbocycles. The summed E-state index contributed by atoms with van der Waals surface area (Å²) in [5.41, 5.74) is 1.38. The van der Waals surface area contributed by atoms with Crippen LogP contribution in [0.5, 0.6) is 0 Å². The molecule has 27 heavy (non-hydrogen) atoms. The van der Waals surface area contributed by atoms with E-state index in [-0.39, 0.29) is 18.3 Å². The molecule has 2 aromatic carbocycles. The second kappa shape index (κ2) is 7.70. The first-order valence-corrected chi connectivity index (χ1v) is 8.87. The Labute approximate surface area is 157 Å². The topological polar surface area (TPSA) is 66.5 Å². The van der Waals surface area contributed by atoms with Crippen molar-refractivity contribution in [3.8, 4) is 0 Å². The van der Waals surface area contributed by atoms with Gasteiger partial charge in [-0.15, -0.1) is 0 Å². The van der Waals surface area contributed by atoms with Crippen molar-refractivity contribution in [1.82, 2.24) is 10.2 Å². The highest BCUT2D eigenvalue weighted by Crippen LogP contribution is 2.27. The second-order valence-corrected chi connectivity index (χ2v) is 7.02. The van der Waals surface area contributed by atoms with E-state index in [9.17, 15) is 18.8 Å². The Morgan fingerprint density at radius 2 is 1.56 bits per heavy atom. The molecule has 6 heteroatoms. The van der Waals surface area contributed by atoms with E-state index in [0.29, 0.717) is 17.5 Å². The highest BCUT2D eigenvalue weighted by molar-refractivity contribution is 6.22. The van der Waals surface area contributed by atoms with Crippen LogP contribution in [-0.4, -0.2) is 28.7 Å². The maximum Gasteiger partial charge on any atom is 0.262 e. The van der Waals surface area contributed by atoms with Crippen molar-refractivity contribution in [2.75, 3.05) is 0 Å². The molecule has 3 rings (SSSR count). The zero-order valence-electron chi connectivity index (χ0n) is 15.2. The Bertz CT molecular complexity index is 842. The van der Waals surface area contributed by atoms with Crippen LogP contribution in [0.1, 0.15) is 46.5 Å². The first-order chi connectivity index (χ1) is 12.9. The van der Waals surface area contributed by atoms with Gasteiger partial charge in [-0.2, -0.15) is 0 Å². The maximum atomic E-state index is 13.0. The Kier molecular flexibility index (Phi) is 5.35. The molecule has 0 aromatic heterocycles. The van der Waals surface area contributed by atoms with E-state index < -0.39 is 23.8 Å². The molecule has 5 nitrogen and oxygen atoms in total. The predicted octanol–water partition coefficient (Wildman–Crippen LogP) is 3.15. The van der Waals surface area contributed by atoms with Gasteiger partial charge in [0.25, 0.3) is 11.8 Å². The number of carbonyl (C=O) groups excluding carboxylic acids is 3. The molecular formula is C21H21FN2O3. The molecule has 0 aliphatic carbocycles. The van der Waals surface area contributed by atoms with Crippen molar-refractivity contribution in [2.24, 2.45) is 5.92 Å². The standard InChI is InChI=1S/C21H21FN2O3/c1-13(2)11-18(19(25)23-12-14-7-9-15(22)10-8-14)24-20(26)16-5-3-4-6-17(16)21(24)27/h3-10,13,18H,11-12H2,1-2H3,(H,23,25). The van der Waals surface area contributed by atoms with Crippen LogP contribution in [0.25, 0.3) is 0 Å². The predicted molar refractivity (Wildman–Crippen MR) is 98.4 cm³/mol. The van der Waals surface area contributed by atoms with Crippen molar-refractivity contribution in [1.29, 1.82) is 0 Å². The van der Waals surface area contributed by atoms with E-state index in [1.54, 1.807) is 36.4 Å². The van der Waals surface area contributed by atoms with E-state index in [0.717, 1.165) is 10.5 Å². The summed E-state index contributed by atoms with van der Waals surface area (Å²) in [5.74, 6) is -1.54. The fourth-order valence-corrected chi connectivity index (χ4v) is 3.18. The van der Waals surface area contributed by atoms with Gasteiger partial charge in [0.2, 0.25) is 5.91 Å². The van der Waals surface area contributed by atoms with Gasteiger partial charge in [0.1, 0.15) is 11.9 Å². The molecule has 1 N–H and O–H groups in total. The van der Waals surface area contributed by atoms with Gasteiger partial charge in [0.05, 0.1) is 11.1 Å². The number of fused-ring (bicyclic) bond motifs is 1. The summed E-state index contributed by atoms with van der Waals surface area (Å²) >= 11 is 0. The van der Waals surface area contributed by atoms with Crippen molar-refractivity contribution in [2.45, 2.75) is 32.9 Å². The number of nitrogens with zero attached hydrogens (tertiary/aromatic N) is 1. The summed E-state index contributed by atoms with van der Waals surface area (Å²) in [4.78, 5) is 39.3. The third-order valence-corrected chi connectivity index (χ3v) is 4.51. The molecular weight excluding hydrogens is 347 g/mol. The monoisotopic (exact) mass is 368 g/mol. The first kappa shape index (κ1) is 18.8. The van der Waals surface area contributed by atoms with Crippen LogP contribution in [-0.2, 0) is 11.3 Å². The van der Waals surface area contributed by atoms with Gasteiger partial charge >= 0.3 is 0 Å². The Morgan fingerprint density at radius 3 is 2.07 bits per heavy atom. The molecule has 1 aliphatic heterocycles. The van der Waals surface area contributed by atoms with Crippen LogP contribution in [0.15, 0.2) is 48.5 Å². The molecule has 0 spiro atoms. The molecule has 3 amide bonds. The molecule has 0 bridgehead atoms. The minimum atomic E-state index is -0.891. The minimum absolute atomic E-state index is 0.107. The number of carbonyl (C=O) groups is 3. The van der Waals surface area contributed by atoms with Crippen molar-refractivity contribution >= 4 is 17.7 Å². The lowest BCUT2D eigenvalue weighted by molar-refractivity contribution is -0.125. The summed E-state index contributed by atoms with van der Waals surface area (Å²) < 4.78 is 13.0. The molecule has 1 unspecified atom stereocenters. The molecule has 1 heterocycles. The Balaban J connectivity index is 1.79. The average Bonchev–Trinajstić information content (AvgIpc) is 2.90. The van der Waals surface area contributed by atoms with E-state index in [1.165, 1.54) is 12.1 Å². The number of benzene rings is 2. The smallest absolute Gasteiger partial charge is 0.262 e. The van der Waals surface area contributed by atoms with Crippen molar-refractivity contribution in [3.05, 3.63) is 71.0 Å². The minimum Gasteiger partial charge on any atom is -0.350 e. The van der Waals surface area contributed by atoms with E-state index in [4.69, 9.17) is 0 Å². The lowest BCUT2D eigenvalue weighted by atomic mass is 10.0. The zero-order valence-corrected chi connectivity index (χ0v) is 15.2. The first-order valence-electron chi connectivity index (χ1n) is 8.87. The number of amides is 3. The van der Waals surface area contributed by atoms with E-state index in [1.807, 2.05) is 13.8 Å². The number of halogens is 1. The highest BCUT2D eigenvalue weighted by atomic mass is 19.1. The molecule has 2 aromatic rings. The van der Waals surface area contributed by atoms with Gasteiger partial charge in [0, 0.05) is 6.54 Å². The lowest BCUT2D eigenvalue weighted by Crippen LogP contribution is -2.50. The third-order valence-electron chi connectivity index (χ3n) is 4.51. The molecule has 1 aliphatic rings. The third kappa shape index (κ3) is 3.89. The number of rotatable bonds is 6. The van der Waals surface area contributed by atoms with Crippen LogP contribution in [0.4, 0.5) is 4.39 Å². The number of nitrogens with one attached hydrogen (secondary N) is 1. The SMILES string of the molecule is CC(C)CC(C(=O)NCc1ccc(F)cc1)N1C(=O)c2ccccc2C1=O. The van der Waals surface area contributed by atoms with Crippen molar-refractivity contribution in [3.63, 3.8) is 0 Å². The van der Waals surface area contributed by atoms with Crippen LogP contribution < -0.4 is 5.32 Å². The quantitative estimate of drug-likeness (QED) is 0.797. The number of hydrogen-bond acceptors (Lipinski definition) is 3. The number of imide groups is 1. The fourth-order valence-electron chi connectivity index (χ4n) is 3.18. The van der Waals surface area contributed by atoms with Crippen LogP contribution in [0.3, 0.4) is 0 Å². The summed E-state index contributed by atoms with van der Waals surface area (Å²) in [7, 11) is 0. The lowest BCUT2D eigenvalue weighted by Gasteiger charge is -2.26. The molecule has 1 atom stereocenters. The van der Waals surface area contributed by atoms with Gasteiger partial charge in [0.15, 0.2) is 0 Å². The molecule has 0 saturated heterocycles. The summed E-state index contributed by atoms with van der Waals surface area (Å²) in [6.45, 7) is 4.05. The largest absolute Gasteiger partial charge is 0.350 e. The van der Waals surface area contributed by atoms with Crippen LogP contribution in [0, 0.1) is 11.7 Å². The second-order valence-electron chi connectivity index (χ2n) is 7.02.